The van der Waals surface area contributed by atoms with Gasteiger partial charge in [0.2, 0.25) is 0 Å². The van der Waals surface area contributed by atoms with Crippen molar-refractivity contribution in [2.75, 3.05) is 18.0 Å². The van der Waals surface area contributed by atoms with Gasteiger partial charge in [-0.25, -0.2) is 19.0 Å². The number of rotatable bonds is 6. The zero-order chi connectivity index (χ0) is 22.2. The van der Waals surface area contributed by atoms with Crippen LogP contribution in [0.5, 0.6) is 11.8 Å². The summed E-state index contributed by atoms with van der Waals surface area (Å²) < 4.78 is 21.0. The lowest BCUT2D eigenvalue weighted by Gasteiger charge is -2.38. The maximum Gasteiger partial charge on any atom is 0.320 e. The van der Waals surface area contributed by atoms with Crippen LogP contribution in [-0.2, 0) is 6.42 Å². The van der Waals surface area contributed by atoms with Gasteiger partial charge in [-0.1, -0.05) is 0 Å². The Hall–Kier alpha value is -3.03. The minimum Gasteiger partial charge on any atom is -0.424 e. The van der Waals surface area contributed by atoms with E-state index in [-0.39, 0.29) is 11.9 Å². The maximum absolute atomic E-state index is 13.2. The molecule has 0 radical (unpaired) electrons. The van der Waals surface area contributed by atoms with Crippen LogP contribution in [0.3, 0.4) is 0 Å². The largest absolute Gasteiger partial charge is 0.424 e. The molecule has 8 heteroatoms. The van der Waals surface area contributed by atoms with E-state index >= 15 is 0 Å². The van der Waals surface area contributed by atoms with E-state index in [9.17, 15) is 4.39 Å². The van der Waals surface area contributed by atoms with Gasteiger partial charge in [-0.3, -0.25) is 0 Å². The molecule has 1 aliphatic carbocycles. The third-order valence-electron chi connectivity index (χ3n) is 6.72. The van der Waals surface area contributed by atoms with Gasteiger partial charge in [-0.15, -0.1) is 0 Å². The zero-order valence-corrected chi connectivity index (χ0v) is 18.8. The van der Waals surface area contributed by atoms with Crippen LogP contribution in [0.4, 0.5) is 10.2 Å². The molecule has 3 heterocycles. The molecule has 1 aromatic carbocycles. The number of hydrogen-bond acceptors (Lipinski definition) is 6. The van der Waals surface area contributed by atoms with Gasteiger partial charge in [0, 0.05) is 31.3 Å². The summed E-state index contributed by atoms with van der Waals surface area (Å²) in [5.74, 6) is 3.90. The molecular weight excluding hydrogens is 407 g/mol. The fourth-order valence-corrected chi connectivity index (χ4v) is 5.13. The van der Waals surface area contributed by atoms with E-state index in [2.05, 4.69) is 34.8 Å². The average molecular weight is 437 g/mol. The van der Waals surface area contributed by atoms with Crippen LogP contribution in [0.2, 0.25) is 0 Å². The van der Waals surface area contributed by atoms with Crippen molar-refractivity contribution in [3.05, 3.63) is 54.0 Å². The van der Waals surface area contributed by atoms with Crippen molar-refractivity contribution in [3.8, 4) is 11.8 Å². The van der Waals surface area contributed by atoms with Crippen molar-refractivity contribution in [2.45, 2.75) is 46.1 Å². The molecule has 5 rings (SSSR count). The Bertz CT molecular complexity index is 1070. The number of fused-ring (bicyclic) bond motifs is 2. The first-order chi connectivity index (χ1) is 15.5. The first-order valence-electron chi connectivity index (χ1n) is 11.4. The van der Waals surface area contributed by atoms with Crippen molar-refractivity contribution >= 4 is 5.82 Å². The third-order valence-corrected chi connectivity index (χ3v) is 6.72. The molecule has 168 valence electrons. The summed E-state index contributed by atoms with van der Waals surface area (Å²) in [5, 5.41) is 4.78. The standard InChI is InChI=1S/C24H29FN6O/c1-15(2)31-24(32-20-8-6-19(25)7-9-20)28-22(29-31)11-21-17-4-5-18(21)13-30(12-17)23-10-16(3)26-14-27-23/h6-10,14-15,17-18,21H,4-5,11-13H2,1-3H3/t17-,18+,21?. The van der Waals surface area contributed by atoms with Crippen LogP contribution in [-0.4, -0.2) is 37.8 Å². The van der Waals surface area contributed by atoms with Gasteiger partial charge in [-0.2, -0.15) is 10.1 Å². The van der Waals surface area contributed by atoms with Gasteiger partial charge in [0.25, 0.3) is 0 Å². The van der Waals surface area contributed by atoms with E-state index in [1.165, 1.54) is 25.0 Å². The molecule has 3 aromatic rings. The summed E-state index contributed by atoms with van der Waals surface area (Å²) in [5.41, 5.74) is 1.00. The van der Waals surface area contributed by atoms with Crippen LogP contribution in [0.25, 0.3) is 0 Å². The number of benzene rings is 1. The average Bonchev–Trinajstić information content (AvgIpc) is 3.26. The fourth-order valence-electron chi connectivity index (χ4n) is 5.13. The molecule has 2 aromatic heterocycles. The third kappa shape index (κ3) is 4.18. The number of piperidine rings is 1. The number of nitrogens with zero attached hydrogens (tertiary/aromatic N) is 6. The molecule has 2 aliphatic rings. The van der Waals surface area contributed by atoms with Crippen LogP contribution >= 0.6 is 0 Å². The Morgan fingerprint density at radius 3 is 2.47 bits per heavy atom. The molecule has 1 aliphatic heterocycles. The Kier molecular flexibility index (Phi) is 5.53. The molecule has 0 amide bonds. The minimum absolute atomic E-state index is 0.117. The Balaban J connectivity index is 1.31. The Morgan fingerprint density at radius 1 is 1.09 bits per heavy atom. The molecule has 2 bridgehead atoms. The van der Waals surface area contributed by atoms with E-state index in [0.717, 1.165) is 36.8 Å². The highest BCUT2D eigenvalue weighted by molar-refractivity contribution is 5.40. The number of ether oxygens (including phenoxy) is 1. The molecule has 0 N–H and O–H groups in total. The predicted molar refractivity (Wildman–Crippen MR) is 119 cm³/mol. The first kappa shape index (κ1) is 20.8. The van der Waals surface area contributed by atoms with Gasteiger partial charge in [0.15, 0.2) is 5.82 Å². The fraction of sp³-hybridized carbons (Fsp3) is 0.500. The lowest BCUT2D eigenvalue weighted by atomic mass is 9.82. The van der Waals surface area contributed by atoms with Gasteiger partial charge >= 0.3 is 6.01 Å². The molecule has 1 saturated heterocycles. The molecule has 7 nitrogen and oxygen atoms in total. The monoisotopic (exact) mass is 436 g/mol. The number of anilines is 1. The summed E-state index contributed by atoms with van der Waals surface area (Å²) in [6.45, 7) is 8.15. The van der Waals surface area contributed by atoms with Gasteiger partial charge in [0.05, 0.1) is 6.04 Å². The number of halogens is 1. The van der Waals surface area contributed by atoms with Crippen molar-refractivity contribution in [1.82, 2.24) is 24.7 Å². The van der Waals surface area contributed by atoms with Crippen molar-refractivity contribution in [2.24, 2.45) is 17.8 Å². The summed E-state index contributed by atoms with van der Waals surface area (Å²) in [7, 11) is 0. The smallest absolute Gasteiger partial charge is 0.320 e. The lowest BCUT2D eigenvalue weighted by molar-refractivity contribution is 0.264. The Morgan fingerprint density at radius 2 is 1.81 bits per heavy atom. The quantitative estimate of drug-likeness (QED) is 0.563. The summed E-state index contributed by atoms with van der Waals surface area (Å²) in [4.78, 5) is 15.9. The highest BCUT2D eigenvalue weighted by Gasteiger charge is 2.43. The summed E-state index contributed by atoms with van der Waals surface area (Å²) >= 11 is 0. The van der Waals surface area contributed by atoms with Crippen LogP contribution in [0.1, 0.15) is 44.2 Å². The van der Waals surface area contributed by atoms with E-state index in [0.29, 0.717) is 29.5 Å². The van der Waals surface area contributed by atoms with Crippen LogP contribution in [0, 0.1) is 30.5 Å². The number of hydrogen-bond donors (Lipinski definition) is 0. The van der Waals surface area contributed by atoms with E-state index in [1.54, 1.807) is 18.5 Å². The second-order valence-corrected chi connectivity index (χ2v) is 9.29. The first-order valence-corrected chi connectivity index (χ1v) is 11.4. The lowest BCUT2D eigenvalue weighted by Crippen LogP contribution is -2.43. The molecule has 1 saturated carbocycles. The Labute approximate surface area is 187 Å². The summed E-state index contributed by atoms with van der Waals surface area (Å²) in [6.07, 6.45) is 4.98. The van der Waals surface area contributed by atoms with Gasteiger partial charge in [-0.05, 0) is 75.6 Å². The molecule has 2 fully saturated rings. The maximum atomic E-state index is 13.2. The highest BCUT2D eigenvalue weighted by atomic mass is 19.1. The zero-order valence-electron chi connectivity index (χ0n) is 18.8. The summed E-state index contributed by atoms with van der Waals surface area (Å²) in [6, 6.07) is 8.64. The predicted octanol–water partition coefficient (Wildman–Crippen LogP) is 4.59. The van der Waals surface area contributed by atoms with Gasteiger partial charge < -0.3 is 9.64 Å². The van der Waals surface area contributed by atoms with E-state index < -0.39 is 0 Å². The molecule has 1 unspecified atom stereocenters. The second-order valence-electron chi connectivity index (χ2n) is 9.29. The van der Waals surface area contributed by atoms with Crippen molar-refractivity contribution < 1.29 is 9.13 Å². The molecular formula is C24H29FN6O. The van der Waals surface area contributed by atoms with E-state index in [4.69, 9.17) is 14.8 Å². The van der Waals surface area contributed by atoms with E-state index in [1.807, 2.05) is 11.6 Å². The second kappa shape index (κ2) is 8.48. The van der Waals surface area contributed by atoms with Crippen LogP contribution in [0.15, 0.2) is 36.7 Å². The minimum atomic E-state index is -0.290. The molecule has 32 heavy (non-hydrogen) atoms. The molecule has 0 spiro atoms. The number of aryl methyl sites for hydroxylation is 1. The van der Waals surface area contributed by atoms with Crippen LogP contribution < -0.4 is 9.64 Å². The molecule has 3 atom stereocenters. The SMILES string of the molecule is Cc1cc(N2C[C@H]3CC[C@@H](C2)C3Cc2nc(Oc3ccc(F)cc3)n(C(C)C)n2)ncn1. The van der Waals surface area contributed by atoms with Crippen molar-refractivity contribution in [3.63, 3.8) is 0 Å². The van der Waals surface area contributed by atoms with Crippen molar-refractivity contribution in [1.29, 1.82) is 0 Å². The number of aromatic nitrogens is 5. The topological polar surface area (TPSA) is 69.0 Å². The van der Waals surface area contributed by atoms with Gasteiger partial charge in [0.1, 0.15) is 23.7 Å². The highest BCUT2D eigenvalue weighted by Crippen LogP contribution is 2.44. The normalized spacial score (nSPS) is 22.5.